The van der Waals surface area contributed by atoms with Crippen LogP contribution < -0.4 is 4.90 Å². The van der Waals surface area contributed by atoms with Crippen molar-refractivity contribution in [3.05, 3.63) is 16.4 Å². The first-order valence-corrected chi connectivity index (χ1v) is 10.7. The summed E-state index contributed by atoms with van der Waals surface area (Å²) in [6.45, 7) is 12.8. The van der Waals surface area contributed by atoms with Gasteiger partial charge in [0.15, 0.2) is 18.6 Å². The van der Waals surface area contributed by atoms with Crippen LogP contribution in [-0.2, 0) is 4.43 Å². The summed E-state index contributed by atoms with van der Waals surface area (Å²) in [6.07, 6.45) is 0.930. The summed E-state index contributed by atoms with van der Waals surface area (Å²) in [5.41, 5.74) is 0.795. The molecule has 1 aromatic rings. The van der Waals surface area contributed by atoms with E-state index in [-0.39, 0.29) is 5.04 Å². The van der Waals surface area contributed by atoms with Gasteiger partial charge in [0.2, 0.25) is 0 Å². The molecule has 0 aliphatic carbocycles. The highest BCUT2D eigenvalue weighted by atomic mass is 35.5. The predicted octanol–water partition coefficient (Wildman–Crippen LogP) is 4.63. The van der Waals surface area contributed by atoms with Crippen LogP contribution in [0.4, 0.5) is 5.69 Å². The van der Waals surface area contributed by atoms with E-state index >= 15 is 0 Å². The molecule has 7 heteroatoms. The summed E-state index contributed by atoms with van der Waals surface area (Å²) < 4.78 is 6.16. The average Bonchev–Trinajstić information content (AvgIpc) is 2.36. The summed E-state index contributed by atoms with van der Waals surface area (Å²) >= 11 is 11.9. The number of hydrogen-bond donors (Lipinski definition) is 0. The zero-order valence-electron chi connectivity index (χ0n) is 13.7. The van der Waals surface area contributed by atoms with Crippen LogP contribution in [0.1, 0.15) is 27.2 Å². The molecule has 21 heavy (non-hydrogen) atoms. The summed E-state index contributed by atoms with van der Waals surface area (Å²) in [4.78, 5) is 2.03. The molecule has 0 saturated heterocycles. The van der Waals surface area contributed by atoms with Gasteiger partial charge in [-0.25, -0.2) is 0 Å². The van der Waals surface area contributed by atoms with E-state index in [4.69, 9.17) is 27.6 Å². The van der Waals surface area contributed by atoms with Crippen LogP contribution in [-0.4, -0.2) is 38.7 Å². The molecule has 1 heterocycles. The predicted molar refractivity (Wildman–Crippen MR) is 93.1 cm³/mol. The lowest BCUT2D eigenvalue weighted by atomic mass is 10.2. The Kier molecular flexibility index (Phi) is 6.47. The van der Waals surface area contributed by atoms with Gasteiger partial charge in [0, 0.05) is 26.3 Å². The van der Waals surface area contributed by atoms with Crippen molar-refractivity contribution >= 4 is 37.2 Å². The van der Waals surface area contributed by atoms with Gasteiger partial charge in [-0.3, -0.25) is 0 Å². The van der Waals surface area contributed by atoms with Crippen LogP contribution in [0.5, 0.6) is 0 Å². The third-order valence-electron chi connectivity index (χ3n) is 4.02. The van der Waals surface area contributed by atoms with E-state index in [1.54, 1.807) is 6.07 Å². The lowest BCUT2D eigenvalue weighted by Gasteiger charge is -2.36. The second-order valence-corrected chi connectivity index (χ2v) is 12.3. The van der Waals surface area contributed by atoms with Gasteiger partial charge in [-0.1, -0.05) is 44.0 Å². The molecule has 0 aliphatic rings. The van der Waals surface area contributed by atoms with E-state index in [0.29, 0.717) is 10.3 Å². The Morgan fingerprint density at radius 1 is 1.24 bits per heavy atom. The van der Waals surface area contributed by atoms with Crippen molar-refractivity contribution < 1.29 is 4.43 Å². The van der Waals surface area contributed by atoms with Crippen molar-refractivity contribution in [1.82, 2.24) is 10.2 Å². The number of anilines is 1. The standard InChI is InChI=1S/C14H25Cl2N3OSi/c1-14(2,3)21(5,6)20-9-7-8-19(4)11-10-12(15)17-18-13(11)16/h10H,7-9H2,1-6H3. The van der Waals surface area contributed by atoms with E-state index in [9.17, 15) is 0 Å². The summed E-state index contributed by atoms with van der Waals surface area (Å²) in [7, 11) is 0.300. The highest BCUT2D eigenvalue weighted by Gasteiger charge is 2.36. The molecule has 0 bridgehead atoms. The smallest absolute Gasteiger partial charge is 0.191 e. The molecule has 0 fully saturated rings. The maximum atomic E-state index is 6.16. The van der Waals surface area contributed by atoms with Crippen molar-refractivity contribution in [3.63, 3.8) is 0 Å². The third-order valence-corrected chi connectivity index (χ3v) is 9.01. The minimum absolute atomic E-state index is 0.241. The highest BCUT2D eigenvalue weighted by molar-refractivity contribution is 6.74. The third kappa shape index (κ3) is 5.40. The molecule has 0 aliphatic heterocycles. The molecule has 0 atom stereocenters. The Labute approximate surface area is 138 Å². The van der Waals surface area contributed by atoms with E-state index in [2.05, 4.69) is 44.1 Å². The largest absolute Gasteiger partial charge is 0.417 e. The number of rotatable bonds is 6. The maximum absolute atomic E-state index is 6.16. The van der Waals surface area contributed by atoms with E-state index in [0.717, 1.165) is 25.3 Å². The monoisotopic (exact) mass is 349 g/mol. The van der Waals surface area contributed by atoms with Crippen molar-refractivity contribution in [2.45, 2.75) is 45.3 Å². The first kappa shape index (κ1) is 18.7. The van der Waals surface area contributed by atoms with Crippen LogP contribution in [0, 0.1) is 0 Å². The van der Waals surface area contributed by atoms with Crippen LogP contribution in [0.25, 0.3) is 0 Å². The Morgan fingerprint density at radius 2 is 1.86 bits per heavy atom. The maximum Gasteiger partial charge on any atom is 0.191 e. The molecular formula is C14H25Cl2N3OSi. The lowest BCUT2D eigenvalue weighted by Crippen LogP contribution is -2.41. The molecular weight excluding hydrogens is 325 g/mol. The minimum Gasteiger partial charge on any atom is -0.417 e. The van der Waals surface area contributed by atoms with E-state index in [1.165, 1.54) is 0 Å². The zero-order valence-corrected chi connectivity index (χ0v) is 16.2. The van der Waals surface area contributed by atoms with Gasteiger partial charge in [-0.2, -0.15) is 0 Å². The molecule has 0 aromatic carbocycles. The van der Waals surface area contributed by atoms with Crippen molar-refractivity contribution in [3.8, 4) is 0 Å². The van der Waals surface area contributed by atoms with Gasteiger partial charge < -0.3 is 9.33 Å². The molecule has 0 unspecified atom stereocenters. The quantitative estimate of drug-likeness (QED) is 0.554. The fraction of sp³-hybridized carbons (Fsp3) is 0.714. The second kappa shape index (κ2) is 7.27. The average molecular weight is 350 g/mol. The Balaban J connectivity index is 2.48. The molecule has 0 saturated carbocycles. The SMILES string of the molecule is CN(CCCO[Si](C)(C)C(C)(C)C)c1cc(Cl)nnc1Cl. The molecule has 4 nitrogen and oxygen atoms in total. The summed E-state index contributed by atoms with van der Waals surface area (Å²) in [6, 6.07) is 1.73. The van der Waals surface area contributed by atoms with Crippen LogP contribution in [0.15, 0.2) is 6.07 Å². The molecule has 120 valence electrons. The summed E-state index contributed by atoms with van der Waals surface area (Å²) in [5.74, 6) is 0. The fourth-order valence-corrected chi connectivity index (χ4v) is 3.04. The van der Waals surface area contributed by atoms with E-state index in [1.807, 2.05) is 11.9 Å². The van der Waals surface area contributed by atoms with Gasteiger partial charge in [-0.05, 0) is 24.6 Å². The van der Waals surface area contributed by atoms with Crippen LogP contribution in [0.3, 0.4) is 0 Å². The van der Waals surface area contributed by atoms with Gasteiger partial charge in [0.25, 0.3) is 0 Å². The Morgan fingerprint density at radius 3 is 2.43 bits per heavy atom. The first-order valence-electron chi connectivity index (χ1n) is 7.08. The van der Waals surface area contributed by atoms with E-state index < -0.39 is 8.32 Å². The van der Waals surface area contributed by atoms with Gasteiger partial charge >= 0.3 is 0 Å². The van der Waals surface area contributed by atoms with Gasteiger partial charge in [-0.15, -0.1) is 10.2 Å². The molecule has 0 N–H and O–H groups in total. The van der Waals surface area contributed by atoms with Crippen molar-refractivity contribution in [2.75, 3.05) is 25.1 Å². The number of hydrogen-bond acceptors (Lipinski definition) is 4. The lowest BCUT2D eigenvalue weighted by molar-refractivity contribution is 0.284. The fourth-order valence-electron chi connectivity index (χ4n) is 1.58. The van der Waals surface area contributed by atoms with Crippen molar-refractivity contribution in [1.29, 1.82) is 0 Å². The zero-order chi connectivity index (χ0) is 16.3. The Hall–Kier alpha value is -0.363. The minimum atomic E-state index is -1.66. The highest BCUT2D eigenvalue weighted by Crippen LogP contribution is 2.36. The summed E-state index contributed by atoms with van der Waals surface area (Å²) in [5, 5.41) is 8.49. The molecule has 1 rings (SSSR count). The number of nitrogens with zero attached hydrogens (tertiary/aromatic N) is 3. The molecule has 0 spiro atoms. The van der Waals surface area contributed by atoms with Gasteiger partial charge in [0.05, 0.1) is 5.69 Å². The molecule has 1 aromatic heterocycles. The molecule has 0 amide bonds. The number of halogens is 2. The van der Waals surface area contributed by atoms with Crippen LogP contribution in [0.2, 0.25) is 28.4 Å². The van der Waals surface area contributed by atoms with Crippen molar-refractivity contribution in [2.24, 2.45) is 0 Å². The van der Waals surface area contributed by atoms with Crippen LogP contribution >= 0.6 is 23.2 Å². The first-order chi connectivity index (χ1) is 9.54. The van der Waals surface area contributed by atoms with Gasteiger partial charge in [0.1, 0.15) is 0 Å². The molecule has 0 radical (unpaired) electrons. The second-order valence-electron chi connectivity index (χ2n) is 6.73. The number of aromatic nitrogens is 2. The Bertz CT molecular complexity index is 478. The topological polar surface area (TPSA) is 38.2 Å². The normalized spacial score (nSPS) is 12.6.